The van der Waals surface area contributed by atoms with Gasteiger partial charge in [-0.15, -0.1) is 0 Å². The largest absolute Gasteiger partial charge is 0.481 e. The van der Waals surface area contributed by atoms with Gasteiger partial charge in [-0.05, 0) is 88.4 Å². The maximum absolute atomic E-state index is 13.0. The fourth-order valence-corrected chi connectivity index (χ4v) is 4.96. The van der Waals surface area contributed by atoms with Crippen LogP contribution in [0.1, 0.15) is 25.3 Å². The fraction of sp³-hybridized carbons (Fsp3) is 0.391. The number of nitrogens with one attached hydrogen (secondary N) is 1. The highest BCUT2D eigenvalue weighted by Crippen LogP contribution is 2.23. The number of anilines is 1. The van der Waals surface area contributed by atoms with Crippen LogP contribution in [0.5, 0.6) is 5.75 Å². The van der Waals surface area contributed by atoms with Crippen molar-refractivity contribution in [3.63, 3.8) is 0 Å². The lowest BCUT2D eigenvalue weighted by molar-refractivity contribution is -0.122. The van der Waals surface area contributed by atoms with E-state index in [2.05, 4.69) is 10.2 Å². The van der Waals surface area contributed by atoms with Gasteiger partial charge in [0.05, 0.1) is 16.5 Å². The minimum absolute atomic E-state index is 0.0178. The van der Waals surface area contributed by atoms with E-state index in [1.54, 1.807) is 50.4 Å². The van der Waals surface area contributed by atoms with Crippen molar-refractivity contribution in [2.75, 3.05) is 32.5 Å². The standard InChI is InChI=1S/C23H28N4O4S/c1-17(31-21-8-4-18(16-24)5-9-21)23(28)25-19-6-10-22(11-7-19)32(29,30)27(3)20-12-14-26(2)15-13-20/h4-11,17,20H,12-15H2,1-3H3,(H,25,28)/t17-/m0/s1. The van der Waals surface area contributed by atoms with Crippen molar-refractivity contribution in [2.24, 2.45) is 0 Å². The number of carbonyl (C=O) groups is 1. The van der Waals surface area contributed by atoms with Gasteiger partial charge in [0.2, 0.25) is 10.0 Å². The first-order chi connectivity index (χ1) is 15.2. The van der Waals surface area contributed by atoms with Crippen LogP contribution in [-0.2, 0) is 14.8 Å². The summed E-state index contributed by atoms with van der Waals surface area (Å²) in [6.45, 7) is 3.36. The molecule has 0 saturated carbocycles. The molecule has 32 heavy (non-hydrogen) atoms. The summed E-state index contributed by atoms with van der Waals surface area (Å²) in [7, 11) is 0.0543. The van der Waals surface area contributed by atoms with Crippen LogP contribution in [0.15, 0.2) is 53.4 Å². The zero-order valence-corrected chi connectivity index (χ0v) is 19.3. The Morgan fingerprint density at radius 3 is 2.31 bits per heavy atom. The minimum atomic E-state index is -3.61. The topological polar surface area (TPSA) is 103 Å². The number of nitriles is 1. The molecule has 0 aliphatic carbocycles. The van der Waals surface area contributed by atoms with Gasteiger partial charge in [0, 0.05) is 18.8 Å². The van der Waals surface area contributed by atoms with Crippen LogP contribution in [0.25, 0.3) is 0 Å². The van der Waals surface area contributed by atoms with E-state index >= 15 is 0 Å². The average molecular weight is 457 g/mol. The number of sulfonamides is 1. The van der Waals surface area contributed by atoms with Gasteiger partial charge in [-0.1, -0.05) is 0 Å². The predicted octanol–water partition coefficient (Wildman–Crippen LogP) is 2.68. The molecule has 0 unspecified atom stereocenters. The summed E-state index contributed by atoms with van der Waals surface area (Å²) in [5.74, 6) is 0.110. The Kier molecular flexibility index (Phi) is 7.51. The zero-order chi connectivity index (χ0) is 23.3. The molecule has 2 aromatic rings. The monoisotopic (exact) mass is 456 g/mol. The quantitative estimate of drug-likeness (QED) is 0.687. The molecule has 0 aromatic heterocycles. The Balaban J connectivity index is 1.60. The van der Waals surface area contributed by atoms with Crippen LogP contribution in [0, 0.1) is 11.3 Å². The second-order valence-corrected chi connectivity index (χ2v) is 9.96. The Labute approximate surface area is 189 Å². The third kappa shape index (κ3) is 5.65. The van der Waals surface area contributed by atoms with Crippen LogP contribution < -0.4 is 10.1 Å². The second kappa shape index (κ2) is 10.1. The summed E-state index contributed by atoms with van der Waals surface area (Å²) in [5.41, 5.74) is 0.983. The normalized spacial score (nSPS) is 16.3. The van der Waals surface area contributed by atoms with Crippen molar-refractivity contribution in [3.05, 3.63) is 54.1 Å². The van der Waals surface area contributed by atoms with E-state index in [4.69, 9.17) is 10.00 Å². The molecule has 0 radical (unpaired) electrons. The SMILES string of the molecule is C[C@H](Oc1ccc(C#N)cc1)C(=O)Nc1ccc(S(=O)(=O)N(C)C2CCN(C)CC2)cc1. The van der Waals surface area contributed by atoms with E-state index in [0.717, 1.165) is 25.9 Å². The van der Waals surface area contributed by atoms with Crippen molar-refractivity contribution < 1.29 is 17.9 Å². The van der Waals surface area contributed by atoms with E-state index in [0.29, 0.717) is 17.0 Å². The van der Waals surface area contributed by atoms with E-state index in [-0.39, 0.29) is 16.8 Å². The molecule has 0 spiro atoms. The maximum atomic E-state index is 13.0. The number of rotatable bonds is 7. The highest BCUT2D eigenvalue weighted by atomic mass is 32.2. The predicted molar refractivity (Wildman–Crippen MR) is 122 cm³/mol. The number of likely N-dealkylation sites (tertiary alicyclic amines) is 1. The van der Waals surface area contributed by atoms with Crippen LogP contribution in [0.4, 0.5) is 5.69 Å². The van der Waals surface area contributed by atoms with Gasteiger partial charge in [-0.2, -0.15) is 9.57 Å². The van der Waals surface area contributed by atoms with Gasteiger partial charge in [0.15, 0.2) is 6.10 Å². The first-order valence-corrected chi connectivity index (χ1v) is 11.9. The van der Waals surface area contributed by atoms with Gasteiger partial charge in [0.1, 0.15) is 5.75 Å². The average Bonchev–Trinajstić information content (AvgIpc) is 2.80. The minimum Gasteiger partial charge on any atom is -0.481 e. The van der Waals surface area contributed by atoms with Crippen molar-refractivity contribution in [2.45, 2.75) is 36.8 Å². The number of hydrogen-bond donors (Lipinski definition) is 1. The number of piperidine rings is 1. The summed E-state index contributed by atoms with van der Waals surface area (Å²) in [6.07, 6.45) is 0.830. The highest BCUT2D eigenvalue weighted by Gasteiger charge is 2.30. The molecule has 1 amide bonds. The van der Waals surface area contributed by atoms with Crippen LogP contribution in [0.3, 0.4) is 0 Å². The third-order valence-electron chi connectivity index (χ3n) is 5.67. The fourth-order valence-electron chi connectivity index (χ4n) is 3.54. The molecule has 1 saturated heterocycles. The van der Waals surface area contributed by atoms with Gasteiger partial charge in [-0.25, -0.2) is 8.42 Å². The van der Waals surface area contributed by atoms with Gasteiger partial charge >= 0.3 is 0 Å². The molecule has 170 valence electrons. The first kappa shape index (κ1) is 23.7. The maximum Gasteiger partial charge on any atom is 0.265 e. The lowest BCUT2D eigenvalue weighted by atomic mass is 10.1. The van der Waals surface area contributed by atoms with Crippen LogP contribution >= 0.6 is 0 Å². The zero-order valence-electron chi connectivity index (χ0n) is 18.5. The Bertz CT molecular complexity index is 1070. The molecular formula is C23H28N4O4S. The van der Waals surface area contributed by atoms with Crippen molar-refractivity contribution in [3.8, 4) is 11.8 Å². The number of hydrogen-bond acceptors (Lipinski definition) is 6. The smallest absolute Gasteiger partial charge is 0.265 e. The molecular weight excluding hydrogens is 428 g/mol. The van der Waals surface area contributed by atoms with E-state index < -0.39 is 16.1 Å². The Hall–Kier alpha value is -2.93. The molecule has 8 nitrogen and oxygen atoms in total. The van der Waals surface area contributed by atoms with Crippen LogP contribution in [-0.4, -0.2) is 62.9 Å². The van der Waals surface area contributed by atoms with Crippen molar-refractivity contribution >= 4 is 21.6 Å². The summed E-state index contributed by atoms with van der Waals surface area (Å²) < 4.78 is 33.0. The van der Waals surface area contributed by atoms with Gasteiger partial charge < -0.3 is 15.0 Å². The first-order valence-electron chi connectivity index (χ1n) is 10.4. The van der Waals surface area contributed by atoms with Gasteiger partial charge in [0.25, 0.3) is 5.91 Å². The third-order valence-corrected chi connectivity index (χ3v) is 7.59. The molecule has 3 rings (SSSR count). The van der Waals surface area contributed by atoms with Crippen molar-refractivity contribution in [1.82, 2.24) is 9.21 Å². The molecule has 1 atom stereocenters. The van der Waals surface area contributed by atoms with E-state index in [9.17, 15) is 13.2 Å². The van der Waals surface area contributed by atoms with E-state index in [1.807, 2.05) is 13.1 Å². The molecule has 1 aliphatic rings. The summed E-state index contributed by atoms with van der Waals surface area (Å²) in [5, 5.41) is 11.6. The number of nitrogens with zero attached hydrogens (tertiary/aromatic N) is 3. The lowest BCUT2D eigenvalue weighted by Gasteiger charge is -2.34. The van der Waals surface area contributed by atoms with E-state index in [1.165, 1.54) is 16.4 Å². The highest BCUT2D eigenvalue weighted by molar-refractivity contribution is 7.89. The number of carbonyl (C=O) groups excluding carboxylic acids is 1. The Morgan fingerprint density at radius 2 is 1.75 bits per heavy atom. The molecule has 1 N–H and O–H groups in total. The number of benzene rings is 2. The summed E-state index contributed by atoms with van der Waals surface area (Å²) in [6, 6.07) is 14.6. The lowest BCUT2D eigenvalue weighted by Crippen LogP contribution is -2.44. The number of amides is 1. The molecule has 9 heteroatoms. The molecule has 1 aliphatic heterocycles. The number of ether oxygens (including phenoxy) is 1. The molecule has 0 bridgehead atoms. The van der Waals surface area contributed by atoms with Crippen molar-refractivity contribution in [1.29, 1.82) is 5.26 Å². The Morgan fingerprint density at radius 1 is 1.16 bits per heavy atom. The summed E-state index contributed by atoms with van der Waals surface area (Å²) in [4.78, 5) is 14.8. The second-order valence-electron chi connectivity index (χ2n) is 7.97. The van der Waals surface area contributed by atoms with Gasteiger partial charge in [-0.3, -0.25) is 4.79 Å². The van der Waals surface area contributed by atoms with Crippen LogP contribution in [0.2, 0.25) is 0 Å². The molecule has 1 fully saturated rings. The summed E-state index contributed by atoms with van der Waals surface area (Å²) >= 11 is 0. The molecule has 1 heterocycles. The molecule has 2 aromatic carbocycles.